The van der Waals surface area contributed by atoms with Gasteiger partial charge in [-0.1, -0.05) is 30.7 Å². The number of amides is 2. The van der Waals surface area contributed by atoms with Crippen molar-refractivity contribution in [2.75, 3.05) is 31.6 Å². The lowest BCUT2D eigenvalue weighted by Crippen LogP contribution is -2.43. The number of hydrogen-bond donors (Lipinski definition) is 2. The lowest BCUT2D eigenvalue weighted by molar-refractivity contribution is 0.0564. The molecule has 1 saturated heterocycles. The zero-order valence-corrected chi connectivity index (χ0v) is 18.9. The number of carbonyl (C=O) groups is 2. The fourth-order valence-corrected chi connectivity index (χ4v) is 3.93. The Labute approximate surface area is 192 Å². The first-order valence-electron chi connectivity index (χ1n) is 10.7. The number of ketones is 1. The average Bonchev–Trinajstić information content (AvgIpc) is 3.21. The molecule has 2 amide bonds. The SMILES string of the molecule is Cc1cc(C(C)c2ccc(NC(=O)N3CCOCC3)cc2)[nH]c1C(=O)c1ccc(Cl)cc1. The first kappa shape index (κ1) is 22.1. The molecule has 1 aromatic heterocycles. The molecule has 2 aromatic carbocycles. The highest BCUT2D eigenvalue weighted by Crippen LogP contribution is 2.27. The highest BCUT2D eigenvalue weighted by atomic mass is 35.5. The van der Waals surface area contributed by atoms with Crippen LogP contribution < -0.4 is 5.32 Å². The predicted octanol–water partition coefficient (Wildman–Crippen LogP) is 5.22. The normalized spacial score (nSPS) is 14.8. The fourth-order valence-electron chi connectivity index (χ4n) is 3.80. The zero-order chi connectivity index (χ0) is 22.7. The van der Waals surface area contributed by atoms with Gasteiger partial charge in [-0.15, -0.1) is 0 Å². The van der Waals surface area contributed by atoms with Crippen molar-refractivity contribution in [2.24, 2.45) is 0 Å². The molecular formula is C25H26ClN3O3. The Hall–Kier alpha value is -3.09. The molecule has 1 atom stereocenters. The van der Waals surface area contributed by atoms with Crippen molar-refractivity contribution in [1.29, 1.82) is 0 Å². The summed E-state index contributed by atoms with van der Waals surface area (Å²) in [7, 11) is 0. The van der Waals surface area contributed by atoms with Crippen molar-refractivity contribution in [1.82, 2.24) is 9.88 Å². The average molecular weight is 452 g/mol. The molecule has 1 aliphatic rings. The van der Waals surface area contributed by atoms with Crippen molar-refractivity contribution < 1.29 is 14.3 Å². The Bertz CT molecular complexity index is 1100. The Morgan fingerprint density at radius 1 is 1.06 bits per heavy atom. The summed E-state index contributed by atoms with van der Waals surface area (Å²) < 4.78 is 5.29. The molecule has 2 N–H and O–H groups in total. The number of halogens is 1. The molecule has 1 fully saturated rings. The molecule has 32 heavy (non-hydrogen) atoms. The summed E-state index contributed by atoms with van der Waals surface area (Å²) in [5, 5.41) is 3.54. The molecule has 2 heterocycles. The van der Waals surface area contributed by atoms with Gasteiger partial charge in [0.2, 0.25) is 5.78 Å². The van der Waals surface area contributed by atoms with Gasteiger partial charge in [-0.3, -0.25) is 4.79 Å². The summed E-state index contributed by atoms with van der Waals surface area (Å²) in [6.45, 7) is 6.36. The Morgan fingerprint density at radius 3 is 2.38 bits per heavy atom. The molecule has 6 nitrogen and oxygen atoms in total. The Balaban J connectivity index is 1.45. The highest BCUT2D eigenvalue weighted by molar-refractivity contribution is 6.30. The van der Waals surface area contributed by atoms with E-state index in [9.17, 15) is 9.59 Å². The number of benzene rings is 2. The van der Waals surface area contributed by atoms with Crippen molar-refractivity contribution in [3.8, 4) is 0 Å². The third-order valence-corrected chi connectivity index (χ3v) is 6.05. The van der Waals surface area contributed by atoms with Gasteiger partial charge >= 0.3 is 6.03 Å². The first-order valence-corrected chi connectivity index (χ1v) is 11.0. The number of nitrogens with one attached hydrogen (secondary N) is 2. The summed E-state index contributed by atoms with van der Waals surface area (Å²) in [4.78, 5) is 30.3. The van der Waals surface area contributed by atoms with Crippen LogP contribution in [0.4, 0.5) is 10.5 Å². The summed E-state index contributed by atoms with van der Waals surface area (Å²) >= 11 is 5.94. The third-order valence-electron chi connectivity index (χ3n) is 5.80. The molecule has 7 heteroatoms. The second-order valence-electron chi connectivity index (χ2n) is 7.99. The summed E-state index contributed by atoms with van der Waals surface area (Å²) in [6.07, 6.45) is 0. The summed E-state index contributed by atoms with van der Waals surface area (Å²) in [6, 6.07) is 16.6. The van der Waals surface area contributed by atoms with Crippen LogP contribution in [0.1, 0.15) is 45.7 Å². The van der Waals surface area contributed by atoms with E-state index in [0.717, 1.165) is 22.5 Å². The van der Waals surface area contributed by atoms with E-state index in [-0.39, 0.29) is 17.7 Å². The van der Waals surface area contributed by atoms with Crippen molar-refractivity contribution in [3.63, 3.8) is 0 Å². The molecule has 0 aliphatic carbocycles. The number of hydrogen-bond acceptors (Lipinski definition) is 3. The predicted molar refractivity (Wildman–Crippen MR) is 126 cm³/mol. The van der Waals surface area contributed by atoms with E-state index in [1.165, 1.54) is 0 Å². The van der Waals surface area contributed by atoms with Gasteiger partial charge in [0.15, 0.2) is 0 Å². The van der Waals surface area contributed by atoms with Crippen LogP contribution in [-0.2, 0) is 4.74 Å². The van der Waals surface area contributed by atoms with Crippen LogP contribution in [-0.4, -0.2) is 48.0 Å². The number of aromatic amines is 1. The largest absolute Gasteiger partial charge is 0.378 e. The molecule has 3 aromatic rings. The minimum atomic E-state index is -0.112. The number of anilines is 1. The van der Waals surface area contributed by atoms with Gasteiger partial charge in [-0.2, -0.15) is 0 Å². The monoisotopic (exact) mass is 451 g/mol. The quantitative estimate of drug-likeness (QED) is 0.522. The standard InChI is InChI=1S/C25H26ClN3O3/c1-16-15-22(28-23(16)24(30)19-3-7-20(26)8-4-19)17(2)18-5-9-21(10-6-18)27-25(31)29-11-13-32-14-12-29/h3-10,15,17,28H,11-14H2,1-2H3,(H,27,31). The Morgan fingerprint density at radius 2 is 1.72 bits per heavy atom. The number of ether oxygens (including phenoxy) is 1. The van der Waals surface area contributed by atoms with Gasteiger partial charge < -0.3 is 19.9 Å². The number of nitrogens with zero attached hydrogens (tertiary/aromatic N) is 1. The molecule has 166 valence electrons. The van der Waals surface area contributed by atoms with E-state index in [2.05, 4.69) is 17.2 Å². The van der Waals surface area contributed by atoms with E-state index < -0.39 is 0 Å². The second-order valence-corrected chi connectivity index (χ2v) is 8.43. The van der Waals surface area contributed by atoms with Crippen molar-refractivity contribution in [3.05, 3.63) is 87.7 Å². The minimum absolute atomic E-state index is 0.0567. The van der Waals surface area contributed by atoms with Crippen LogP contribution in [0.3, 0.4) is 0 Å². The number of aromatic nitrogens is 1. The number of rotatable bonds is 5. The van der Waals surface area contributed by atoms with Crippen LogP contribution in [0, 0.1) is 6.92 Å². The number of urea groups is 1. The molecule has 4 rings (SSSR count). The van der Waals surface area contributed by atoms with E-state index in [0.29, 0.717) is 42.6 Å². The number of morpholine rings is 1. The maximum Gasteiger partial charge on any atom is 0.321 e. The number of aryl methyl sites for hydroxylation is 1. The number of H-pyrrole nitrogens is 1. The molecule has 0 saturated carbocycles. The topological polar surface area (TPSA) is 74.4 Å². The van der Waals surface area contributed by atoms with E-state index >= 15 is 0 Å². The molecule has 0 radical (unpaired) electrons. The van der Waals surface area contributed by atoms with Crippen LogP contribution in [0.2, 0.25) is 5.02 Å². The van der Waals surface area contributed by atoms with Gasteiger partial charge in [-0.25, -0.2) is 4.79 Å². The molecule has 1 unspecified atom stereocenters. The molecular weight excluding hydrogens is 426 g/mol. The minimum Gasteiger partial charge on any atom is -0.378 e. The van der Waals surface area contributed by atoms with Gasteiger partial charge in [0, 0.05) is 41.0 Å². The maximum atomic E-state index is 12.9. The smallest absolute Gasteiger partial charge is 0.321 e. The van der Waals surface area contributed by atoms with Gasteiger partial charge in [0.05, 0.1) is 18.9 Å². The van der Waals surface area contributed by atoms with E-state index in [4.69, 9.17) is 16.3 Å². The first-order chi connectivity index (χ1) is 15.4. The maximum absolute atomic E-state index is 12.9. The van der Waals surface area contributed by atoms with Crippen molar-refractivity contribution >= 4 is 29.1 Å². The van der Waals surface area contributed by atoms with Crippen LogP contribution in [0.5, 0.6) is 0 Å². The van der Waals surface area contributed by atoms with Gasteiger partial charge in [-0.05, 0) is 60.5 Å². The molecule has 1 aliphatic heterocycles. The van der Waals surface area contributed by atoms with Gasteiger partial charge in [0.1, 0.15) is 0 Å². The lowest BCUT2D eigenvalue weighted by atomic mass is 9.97. The Kier molecular flexibility index (Phi) is 6.63. The molecule has 0 bridgehead atoms. The van der Waals surface area contributed by atoms with E-state index in [1.807, 2.05) is 37.3 Å². The van der Waals surface area contributed by atoms with Crippen LogP contribution in [0.15, 0.2) is 54.6 Å². The van der Waals surface area contributed by atoms with Crippen LogP contribution in [0.25, 0.3) is 0 Å². The van der Waals surface area contributed by atoms with Gasteiger partial charge in [0.25, 0.3) is 0 Å². The van der Waals surface area contributed by atoms with Crippen molar-refractivity contribution in [2.45, 2.75) is 19.8 Å². The lowest BCUT2D eigenvalue weighted by Gasteiger charge is -2.27. The zero-order valence-electron chi connectivity index (χ0n) is 18.2. The summed E-state index contributed by atoms with van der Waals surface area (Å²) in [5.74, 6) is 0.00301. The highest BCUT2D eigenvalue weighted by Gasteiger charge is 2.19. The third kappa shape index (κ3) is 4.87. The number of carbonyl (C=O) groups excluding carboxylic acids is 2. The van der Waals surface area contributed by atoms with E-state index in [1.54, 1.807) is 29.2 Å². The summed E-state index contributed by atoms with van der Waals surface area (Å²) in [5.41, 5.74) is 4.88. The second kappa shape index (κ2) is 9.59. The van der Waals surface area contributed by atoms with Crippen LogP contribution >= 0.6 is 11.6 Å². The molecule has 0 spiro atoms. The fraction of sp³-hybridized carbons (Fsp3) is 0.280.